The molecule has 2 aromatic carbocycles. The lowest BCUT2D eigenvalue weighted by molar-refractivity contribution is 0.195. The van der Waals surface area contributed by atoms with Gasteiger partial charge in [-0.3, -0.25) is 0 Å². The number of aliphatic hydroxyl groups excluding tert-OH is 1. The summed E-state index contributed by atoms with van der Waals surface area (Å²) < 4.78 is 13.3. The van der Waals surface area contributed by atoms with E-state index in [1.54, 1.807) is 31.3 Å². The third-order valence-electron chi connectivity index (χ3n) is 4.36. The molecule has 0 aliphatic rings. The number of halogens is 1. The summed E-state index contributed by atoms with van der Waals surface area (Å²) in [5.41, 5.74) is 9.88. The second-order valence-electron chi connectivity index (χ2n) is 6.88. The van der Waals surface area contributed by atoms with Crippen LogP contribution in [-0.2, 0) is 6.42 Å². The Kier molecular flexibility index (Phi) is 5.69. The third kappa shape index (κ3) is 4.61. The van der Waals surface area contributed by atoms with Gasteiger partial charge in [-0.1, -0.05) is 23.5 Å². The standard InChI is InChI=1S/C22H20FN5OS/c1-13(29)11-14-3-2-4-17(12-14)26-22-25-10-9-18(27-22)20-19(28-21(24)30-20)15-5-7-16(23)8-6-15/h2-10,12-13,29H,11H2,1H3,(H2,24,28)(H,25,26,27). The number of hydrogen-bond acceptors (Lipinski definition) is 7. The highest BCUT2D eigenvalue weighted by Crippen LogP contribution is 2.37. The van der Waals surface area contributed by atoms with Crippen molar-refractivity contribution in [2.24, 2.45) is 0 Å². The molecule has 0 spiro atoms. The molecule has 6 nitrogen and oxygen atoms in total. The van der Waals surface area contributed by atoms with Gasteiger partial charge in [0.1, 0.15) is 5.82 Å². The van der Waals surface area contributed by atoms with Gasteiger partial charge in [-0.25, -0.2) is 19.3 Å². The quantitative estimate of drug-likeness (QED) is 0.419. The van der Waals surface area contributed by atoms with E-state index >= 15 is 0 Å². The minimum atomic E-state index is -0.415. The Bertz CT molecular complexity index is 1160. The van der Waals surface area contributed by atoms with Crippen molar-refractivity contribution in [3.63, 3.8) is 0 Å². The molecule has 4 aromatic rings. The fourth-order valence-corrected chi connectivity index (χ4v) is 3.93. The van der Waals surface area contributed by atoms with E-state index < -0.39 is 6.10 Å². The maximum Gasteiger partial charge on any atom is 0.227 e. The summed E-state index contributed by atoms with van der Waals surface area (Å²) in [4.78, 5) is 14.1. The Labute approximate surface area is 177 Å². The van der Waals surface area contributed by atoms with Gasteiger partial charge in [-0.2, -0.15) is 0 Å². The average Bonchev–Trinajstić information content (AvgIpc) is 3.10. The minimum Gasteiger partial charge on any atom is -0.393 e. The number of aromatic nitrogens is 3. The summed E-state index contributed by atoms with van der Waals surface area (Å²) in [5, 5.41) is 13.2. The smallest absolute Gasteiger partial charge is 0.227 e. The van der Waals surface area contributed by atoms with E-state index in [0.29, 0.717) is 28.9 Å². The van der Waals surface area contributed by atoms with Crippen molar-refractivity contribution in [3.05, 3.63) is 72.2 Å². The van der Waals surface area contributed by atoms with Crippen molar-refractivity contribution in [1.82, 2.24) is 15.0 Å². The number of nitrogens with two attached hydrogens (primary N) is 1. The van der Waals surface area contributed by atoms with Crippen LogP contribution in [0.2, 0.25) is 0 Å². The van der Waals surface area contributed by atoms with Crippen LogP contribution in [0.25, 0.3) is 21.8 Å². The van der Waals surface area contributed by atoms with E-state index in [-0.39, 0.29) is 5.82 Å². The van der Waals surface area contributed by atoms with Gasteiger partial charge >= 0.3 is 0 Å². The molecule has 1 unspecified atom stereocenters. The van der Waals surface area contributed by atoms with Crippen LogP contribution in [0.3, 0.4) is 0 Å². The van der Waals surface area contributed by atoms with E-state index in [1.807, 2.05) is 24.3 Å². The molecule has 0 saturated carbocycles. The largest absolute Gasteiger partial charge is 0.393 e. The van der Waals surface area contributed by atoms with E-state index in [2.05, 4.69) is 20.3 Å². The molecular weight excluding hydrogens is 401 g/mol. The van der Waals surface area contributed by atoms with Gasteiger partial charge in [0.2, 0.25) is 5.95 Å². The third-order valence-corrected chi connectivity index (χ3v) is 5.27. The molecule has 0 amide bonds. The van der Waals surface area contributed by atoms with Crippen LogP contribution in [0.15, 0.2) is 60.8 Å². The molecule has 0 bridgehead atoms. The van der Waals surface area contributed by atoms with E-state index in [9.17, 15) is 9.50 Å². The Hall–Kier alpha value is -3.36. The molecule has 0 fully saturated rings. The second-order valence-corrected chi connectivity index (χ2v) is 7.91. The monoisotopic (exact) mass is 421 g/mol. The first-order valence-electron chi connectivity index (χ1n) is 9.37. The predicted octanol–water partition coefficient (Wildman–Crippen LogP) is 4.66. The lowest BCUT2D eigenvalue weighted by atomic mass is 10.1. The summed E-state index contributed by atoms with van der Waals surface area (Å²) in [6.45, 7) is 1.76. The number of benzene rings is 2. The van der Waals surface area contributed by atoms with Gasteiger partial charge in [0.05, 0.1) is 22.4 Å². The van der Waals surface area contributed by atoms with Crippen molar-refractivity contribution in [2.75, 3.05) is 11.1 Å². The number of nitrogens with zero attached hydrogens (tertiary/aromatic N) is 3. The number of aliphatic hydroxyl groups is 1. The zero-order valence-corrected chi connectivity index (χ0v) is 17.0. The molecule has 152 valence electrons. The number of hydrogen-bond donors (Lipinski definition) is 3. The van der Waals surface area contributed by atoms with E-state index in [4.69, 9.17) is 5.73 Å². The maximum atomic E-state index is 13.3. The van der Waals surface area contributed by atoms with Gasteiger partial charge in [0.25, 0.3) is 0 Å². The first-order chi connectivity index (χ1) is 14.5. The zero-order chi connectivity index (χ0) is 21.1. The van der Waals surface area contributed by atoms with Crippen molar-refractivity contribution in [1.29, 1.82) is 0 Å². The Balaban J connectivity index is 1.64. The molecule has 8 heteroatoms. The summed E-state index contributed by atoms with van der Waals surface area (Å²) >= 11 is 1.32. The number of thiazole rings is 1. The number of nitrogen functional groups attached to an aromatic ring is 1. The van der Waals surface area contributed by atoms with E-state index in [1.165, 1.54) is 23.5 Å². The topological polar surface area (TPSA) is 97.0 Å². The van der Waals surface area contributed by atoms with Gasteiger partial charge in [-0.15, -0.1) is 0 Å². The number of anilines is 3. The summed E-state index contributed by atoms with van der Waals surface area (Å²) in [6.07, 6.45) is 1.81. The lowest BCUT2D eigenvalue weighted by Crippen LogP contribution is -2.04. The first-order valence-corrected chi connectivity index (χ1v) is 10.2. The van der Waals surface area contributed by atoms with Gasteiger partial charge < -0.3 is 16.2 Å². The molecule has 1 atom stereocenters. The fraction of sp³-hybridized carbons (Fsp3) is 0.136. The molecule has 4 rings (SSSR count). The van der Waals surface area contributed by atoms with Gasteiger partial charge in [-0.05, 0) is 61.4 Å². The van der Waals surface area contributed by atoms with Crippen molar-refractivity contribution in [3.8, 4) is 21.8 Å². The Morgan fingerprint density at radius 3 is 2.70 bits per heavy atom. The van der Waals surface area contributed by atoms with Gasteiger partial charge in [0, 0.05) is 17.4 Å². The van der Waals surface area contributed by atoms with Crippen LogP contribution in [0.5, 0.6) is 0 Å². The Morgan fingerprint density at radius 2 is 1.93 bits per heavy atom. The minimum absolute atomic E-state index is 0.310. The highest BCUT2D eigenvalue weighted by atomic mass is 32.1. The molecule has 4 N–H and O–H groups in total. The molecule has 30 heavy (non-hydrogen) atoms. The first kappa shape index (κ1) is 19.9. The summed E-state index contributed by atoms with van der Waals surface area (Å²) in [6, 6.07) is 15.7. The van der Waals surface area contributed by atoms with Crippen molar-refractivity contribution >= 4 is 28.1 Å². The predicted molar refractivity (Wildman–Crippen MR) is 118 cm³/mol. The van der Waals surface area contributed by atoms with Crippen LogP contribution in [-0.4, -0.2) is 26.2 Å². The molecule has 2 aromatic heterocycles. The maximum absolute atomic E-state index is 13.3. The zero-order valence-electron chi connectivity index (χ0n) is 16.2. The second kappa shape index (κ2) is 8.56. The van der Waals surface area contributed by atoms with Crippen LogP contribution >= 0.6 is 11.3 Å². The molecule has 0 saturated heterocycles. The van der Waals surface area contributed by atoms with Crippen LogP contribution < -0.4 is 11.1 Å². The van der Waals surface area contributed by atoms with Crippen molar-refractivity contribution < 1.29 is 9.50 Å². The fourth-order valence-electron chi connectivity index (χ4n) is 3.11. The molecule has 2 heterocycles. The SMILES string of the molecule is CC(O)Cc1cccc(Nc2nccc(-c3sc(N)nc3-c3ccc(F)cc3)n2)c1. The number of rotatable bonds is 6. The molecule has 0 aliphatic carbocycles. The summed E-state index contributed by atoms with van der Waals surface area (Å²) in [7, 11) is 0. The summed E-state index contributed by atoms with van der Waals surface area (Å²) in [5.74, 6) is 0.119. The number of nitrogens with one attached hydrogen (secondary N) is 1. The van der Waals surface area contributed by atoms with Gasteiger partial charge in [0.15, 0.2) is 5.13 Å². The molecule has 0 aliphatic heterocycles. The Morgan fingerprint density at radius 1 is 1.13 bits per heavy atom. The highest BCUT2D eigenvalue weighted by molar-refractivity contribution is 7.19. The van der Waals surface area contributed by atoms with Crippen LogP contribution in [0.1, 0.15) is 12.5 Å². The molecule has 0 radical (unpaired) electrons. The normalized spacial score (nSPS) is 12.0. The highest BCUT2D eigenvalue weighted by Gasteiger charge is 2.16. The average molecular weight is 422 g/mol. The lowest BCUT2D eigenvalue weighted by Gasteiger charge is -2.09. The molecular formula is C22H20FN5OS. The van der Waals surface area contributed by atoms with Crippen LogP contribution in [0, 0.1) is 5.82 Å². The van der Waals surface area contributed by atoms with Crippen molar-refractivity contribution in [2.45, 2.75) is 19.4 Å². The van der Waals surface area contributed by atoms with E-state index in [0.717, 1.165) is 21.7 Å². The van der Waals surface area contributed by atoms with Crippen LogP contribution in [0.4, 0.5) is 21.2 Å².